The highest BCUT2D eigenvalue weighted by atomic mass is 16.3. The van der Waals surface area contributed by atoms with Crippen molar-refractivity contribution in [2.24, 2.45) is 0 Å². The predicted octanol–water partition coefficient (Wildman–Crippen LogP) is 14.2. The van der Waals surface area contributed by atoms with Crippen LogP contribution >= 0.6 is 0 Å². The van der Waals surface area contributed by atoms with Crippen molar-refractivity contribution in [2.75, 3.05) is 0 Å². The summed E-state index contributed by atoms with van der Waals surface area (Å²) in [6, 6.07) is 23.1. The van der Waals surface area contributed by atoms with Crippen molar-refractivity contribution in [1.29, 1.82) is 0 Å². The van der Waals surface area contributed by atoms with Crippen LogP contribution in [0.4, 0.5) is 0 Å². The summed E-state index contributed by atoms with van der Waals surface area (Å²) in [7, 11) is 0. The second-order valence-electron chi connectivity index (χ2n) is 12.0. The first kappa shape index (κ1) is 17.8. The molecule has 238 valence electrons. The maximum atomic E-state index is 9.52. The summed E-state index contributed by atoms with van der Waals surface area (Å²) in [5, 5.41) is 2.59. The Morgan fingerprint density at radius 3 is 1.49 bits per heavy atom. The molecule has 0 N–H and O–H groups in total. The summed E-state index contributed by atoms with van der Waals surface area (Å²) in [6.45, 7) is 0. The molecule has 0 saturated heterocycles. The van der Waals surface area contributed by atoms with E-state index in [1.54, 1.807) is 0 Å². The molecule has 1 heterocycles. The molecule has 0 atom stereocenters. The molecule has 1 aromatic heterocycles. The molecule has 0 fully saturated rings. The standard InChI is InChI=1S/C50H32O/c1-3-14-33(15-4-1)35-28-30-36(31-29-35)39-24-12-25-44-45-26-13-27-46(50(45)51-49(39)44)48-42-22-9-7-20-40(42)47(41-21-8-10-23-43(41)48)38-19-11-18-37(32-38)34-16-5-2-6-17-34/h1-32H/i1D,3D,4D,12D,13D,14D,15D,24D,25D,26D,27D,28D,29D,30D,31D. The van der Waals surface area contributed by atoms with Gasteiger partial charge < -0.3 is 4.42 Å². The minimum absolute atomic E-state index is 0.0821. The van der Waals surface area contributed by atoms with Crippen LogP contribution in [0.5, 0.6) is 0 Å². The van der Waals surface area contributed by atoms with Gasteiger partial charge in [-0.2, -0.15) is 0 Å². The van der Waals surface area contributed by atoms with Gasteiger partial charge in [0.1, 0.15) is 11.2 Å². The van der Waals surface area contributed by atoms with Crippen LogP contribution in [0.15, 0.2) is 198 Å². The third-order valence-corrected chi connectivity index (χ3v) is 9.18. The summed E-state index contributed by atoms with van der Waals surface area (Å²) in [5.41, 5.74) is 1.83. The first-order valence-corrected chi connectivity index (χ1v) is 16.3. The van der Waals surface area contributed by atoms with Crippen LogP contribution in [0.1, 0.15) is 20.6 Å². The van der Waals surface area contributed by atoms with Crippen LogP contribution in [0.25, 0.3) is 99.1 Å². The minimum Gasteiger partial charge on any atom is -0.455 e. The van der Waals surface area contributed by atoms with Gasteiger partial charge in [0.25, 0.3) is 0 Å². The maximum Gasteiger partial charge on any atom is 0.143 e. The Bertz CT molecular complexity index is 3650. The predicted molar refractivity (Wildman–Crippen MR) is 216 cm³/mol. The van der Waals surface area contributed by atoms with Crippen molar-refractivity contribution < 1.29 is 25.0 Å². The van der Waals surface area contributed by atoms with Crippen LogP contribution < -0.4 is 0 Å². The number of hydrogen-bond donors (Lipinski definition) is 0. The zero-order valence-electron chi connectivity index (χ0n) is 41.7. The highest BCUT2D eigenvalue weighted by Gasteiger charge is 2.21. The van der Waals surface area contributed by atoms with Crippen LogP contribution in [-0.2, 0) is 0 Å². The number of fused-ring (bicyclic) bond motifs is 5. The number of para-hydroxylation sites is 2. The van der Waals surface area contributed by atoms with Gasteiger partial charge in [0.05, 0.1) is 20.6 Å². The maximum absolute atomic E-state index is 9.52. The third-order valence-electron chi connectivity index (χ3n) is 9.18. The Balaban J connectivity index is 1.31. The van der Waals surface area contributed by atoms with Crippen LogP contribution in [-0.4, -0.2) is 0 Å². The topological polar surface area (TPSA) is 13.1 Å². The number of rotatable bonds is 5. The fourth-order valence-electron chi connectivity index (χ4n) is 6.93. The Morgan fingerprint density at radius 2 is 0.824 bits per heavy atom. The fraction of sp³-hybridized carbons (Fsp3) is 0. The van der Waals surface area contributed by atoms with Gasteiger partial charge in [-0.15, -0.1) is 0 Å². The monoisotopic (exact) mass is 663 g/mol. The number of hydrogen-bond acceptors (Lipinski definition) is 1. The summed E-state index contributed by atoms with van der Waals surface area (Å²) >= 11 is 0. The van der Waals surface area contributed by atoms with Gasteiger partial charge >= 0.3 is 0 Å². The Hall–Kier alpha value is -6.70. The van der Waals surface area contributed by atoms with Crippen molar-refractivity contribution in [2.45, 2.75) is 0 Å². The highest BCUT2D eigenvalue weighted by Crippen LogP contribution is 2.47. The third kappa shape index (κ3) is 4.86. The second-order valence-corrected chi connectivity index (χ2v) is 12.0. The van der Waals surface area contributed by atoms with E-state index in [-0.39, 0.29) is 33.5 Å². The molecule has 0 saturated carbocycles. The fourth-order valence-corrected chi connectivity index (χ4v) is 6.93. The molecule has 9 aromatic carbocycles. The molecule has 0 amide bonds. The van der Waals surface area contributed by atoms with Crippen LogP contribution in [0.2, 0.25) is 0 Å². The lowest BCUT2D eigenvalue weighted by Crippen LogP contribution is -1.91. The Morgan fingerprint density at radius 1 is 0.314 bits per heavy atom. The van der Waals surface area contributed by atoms with Crippen LogP contribution in [0, 0.1) is 0 Å². The summed E-state index contributed by atoms with van der Waals surface area (Å²) in [5.74, 6) is 0. The molecular formula is C50H32O. The molecule has 0 aliphatic heterocycles. The van der Waals surface area contributed by atoms with E-state index in [2.05, 4.69) is 6.07 Å². The summed E-state index contributed by atoms with van der Waals surface area (Å²) in [6.07, 6.45) is 0. The molecule has 0 aliphatic carbocycles. The molecule has 0 radical (unpaired) electrons. The van der Waals surface area contributed by atoms with Gasteiger partial charge in [-0.05, 0) is 66.6 Å². The average molecular weight is 664 g/mol. The van der Waals surface area contributed by atoms with Gasteiger partial charge in [-0.3, -0.25) is 0 Å². The lowest BCUT2D eigenvalue weighted by molar-refractivity contribution is 0.671. The highest BCUT2D eigenvalue weighted by molar-refractivity contribution is 6.24. The largest absolute Gasteiger partial charge is 0.455 e. The van der Waals surface area contributed by atoms with E-state index in [0.29, 0.717) is 16.3 Å². The van der Waals surface area contributed by atoms with E-state index in [0.717, 1.165) is 33.0 Å². The molecule has 10 rings (SSSR count). The molecule has 1 heteroatoms. The molecule has 0 aliphatic rings. The second kappa shape index (κ2) is 12.0. The van der Waals surface area contributed by atoms with Crippen LogP contribution in [0.3, 0.4) is 0 Å². The SMILES string of the molecule is [2H]c1c([2H])c([2H])c(-c2c([2H])c([2H])c(-c3c([2H])c([2H])c([2H])c4c3oc3c(-c5c6ccccc6c(-c6cccc(-c7ccccc7)c6)c6ccccc56)c([2H])c([2H])c([2H])c34)c([2H])c2[2H])c([2H])c1[2H]. The average Bonchev–Trinajstić information content (AvgIpc) is 3.73. The van der Waals surface area contributed by atoms with E-state index in [1.807, 2.05) is 97.1 Å². The van der Waals surface area contributed by atoms with E-state index >= 15 is 0 Å². The minimum atomic E-state index is -0.800. The first-order valence-electron chi connectivity index (χ1n) is 23.8. The Labute approximate surface area is 317 Å². The molecule has 1 nitrogen and oxygen atoms in total. The van der Waals surface area contributed by atoms with Gasteiger partial charge in [-0.25, -0.2) is 0 Å². The van der Waals surface area contributed by atoms with Crippen molar-refractivity contribution in [3.63, 3.8) is 0 Å². The van der Waals surface area contributed by atoms with Gasteiger partial charge in [0.2, 0.25) is 0 Å². The Kier molecular flexibility index (Phi) is 4.19. The normalized spacial score (nSPS) is 15.6. The van der Waals surface area contributed by atoms with Crippen molar-refractivity contribution in [3.8, 4) is 55.6 Å². The first-order chi connectivity index (χ1) is 31.6. The van der Waals surface area contributed by atoms with Gasteiger partial charge in [-0.1, -0.05) is 188 Å². The van der Waals surface area contributed by atoms with E-state index in [1.165, 1.54) is 0 Å². The molecule has 10 aromatic rings. The smallest absolute Gasteiger partial charge is 0.143 e. The van der Waals surface area contributed by atoms with E-state index < -0.39 is 107 Å². The van der Waals surface area contributed by atoms with E-state index in [9.17, 15) is 8.22 Å². The lowest BCUT2D eigenvalue weighted by atomic mass is 9.85. The lowest BCUT2D eigenvalue weighted by Gasteiger charge is -2.18. The van der Waals surface area contributed by atoms with E-state index in [4.69, 9.17) is 16.8 Å². The van der Waals surface area contributed by atoms with Crippen molar-refractivity contribution >= 4 is 43.5 Å². The summed E-state index contributed by atoms with van der Waals surface area (Å²) in [4.78, 5) is 0. The molecular weight excluding hydrogens is 617 g/mol. The molecule has 0 bridgehead atoms. The quantitative estimate of drug-likeness (QED) is 0.167. The number of furan rings is 1. The molecule has 0 spiro atoms. The van der Waals surface area contributed by atoms with Crippen molar-refractivity contribution in [3.05, 3.63) is 194 Å². The molecule has 51 heavy (non-hydrogen) atoms. The summed E-state index contributed by atoms with van der Waals surface area (Å²) < 4.78 is 140. The zero-order valence-corrected chi connectivity index (χ0v) is 26.7. The van der Waals surface area contributed by atoms with Gasteiger partial charge in [0.15, 0.2) is 0 Å². The molecule has 0 unspecified atom stereocenters. The van der Waals surface area contributed by atoms with Gasteiger partial charge in [0, 0.05) is 27.5 Å². The number of benzene rings is 9. The van der Waals surface area contributed by atoms with Crippen molar-refractivity contribution in [1.82, 2.24) is 0 Å². The zero-order chi connectivity index (χ0) is 46.8.